The van der Waals surface area contributed by atoms with E-state index in [1.165, 1.54) is 16.7 Å². The van der Waals surface area contributed by atoms with Crippen LogP contribution >= 0.6 is 0 Å². The number of rotatable bonds is 3. The largest absolute Gasteiger partial charge is 0.213 e. The van der Waals surface area contributed by atoms with E-state index in [0.717, 1.165) is 29.3 Å². The van der Waals surface area contributed by atoms with Crippen LogP contribution < -0.4 is 0 Å². The summed E-state index contributed by atoms with van der Waals surface area (Å²) in [6.45, 7) is 10.5. The third-order valence-corrected chi connectivity index (χ3v) is 5.01. The Labute approximate surface area is 168 Å². The average Bonchev–Trinajstić information content (AvgIpc) is 3.15. The number of aryl methyl sites for hydroxylation is 1. The van der Waals surface area contributed by atoms with Crippen molar-refractivity contribution in [3.05, 3.63) is 83.7 Å². The summed E-state index contributed by atoms with van der Waals surface area (Å²) in [5.41, 5.74) is 5.86. The van der Waals surface area contributed by atoms with E-state index in [-0.39, 0.29) is 0 Å². The van der Waals surface area contributed by atoms with Crippen LogP contribution in [-0.4, -0.2) is 14.8 Å². The molecule has 0 aliphatic heterocycles. The Morgan fingerprint density at radius 1 is 0.929 bits per heavy atom. The number of benzene rings is 2. The van der Waals surface area contributed by atoms with E-state index in [0.29, 0.717) is 5.92 Å². The summed E-state index contributed by atoms with van der Waals surface area (Å²) in [6.07, 6.45) is 5.48. The Bertz CT molecular complexity index is 994. The highest BCUT2D eigenvalue weighted by Gasteiger charge is 2.23. The highest BCUT2D eigenvalue weighted by molar-refractivity contribution is 5.72. The first-order valence-corrected chi connectivity index (χ1v) is 10.1. The standard InChI is InChI=1S/C23H23N3.C2H6/c1-16-10-7-8-15-20(16)22-24-23(21-17(2)11-9-12-18(21)3)26(25-22)19-13-5-4-6-14-19;1-2/h4-11,13-15,18H,12H2,1-3H3;1-2H3. The molecule has 0 spiro atoms. The van der Waals surface area contributed by atoms with E-state index in [2.05, 4.69) is 63.3 Å². The Kier molecular flexibility index (Phi) is 6.25. The van der Waals surface area contributed by atoms with Crippen LogP contribution in [-0.2, 0) is 0 Å². The fraction of sp³-hybridized carbons (Fsp3) is 0.280. The molecule has 1 atom stereocenters. The molecule has 0 bridgehead atoms. The molecule has 0 saturated heterocycles. The first-order valence-electron chi connectivity index (χ1n) is 10.1. The Morgan fingerprint density at radius 2 is 1.61 bits per heavy atom. The second-order valence-corrected chi connectivity index (χ2v) is 6.96. The Morgan fingerprint density at radius 3 is 2.29 bits per heavy atom. The van der Waals surface area contributed by atoms with E-state index in [9.17, 15) is 0 Å². The van der Waals surface area contributed by atoms with Gasteiger partial charge in [0, 0.05) is 11.1 Å². The third-order valence-electron chi connectivity index (χ3n) is 5.01. The van der Waals surface area contributed by atoms with Crippen LogP contribution in [0.2, 0.25) is 0 Å². The zero-order chi connectivity index (χ0) is 20.1. The fourth-order valence-corrected chi connectivity index (χ4v) is 3.62. The molecule has 144 valence electrons. The molecule has 0 amide bonds. The van der Waals surface area contributed by atoms with E-state index in [1.54, 1.807) is 0 Å². The van der Waals surface area contributed by atoms with Gasteiger partial charge in [0.25, 0.3) is 0 Å². The normalized spacial score (nSPS) is 16.0. The van der Waals surface area contributed by atoms with Crippen molar-refractivity contribution < 1.29 is 0 Å². The Hall–Kier alpha value is -2.94. The maximum Gasteiger partial charge on any atom is 0.182 e. The predicted molar refractivity (Wildman–Crippen MR) is 118 cm³/mol. The van der Waals surface area contributed by atoms with E-state index in [1.807, 2.05) is 42.8 Å². The number of hydrogen-bond acceptors (Lipinski definition) is 2. The van der Waals surface area contributed by atoms with E-state index in [4.69, 9.17) is 10.1 Å². The second kappa shape index (κ2) is 8.83. The molecule has 4 rings (SSSR count). The molecule has 1 aliphatic carbocycles. The van der Waals surface area contributed by atoms with Crippen molar-refractivity contribution in [1.82, 2.24) is 14.8 Å². The van der Waals surface area contributed by atoms with Gasteiger partial charge in [-0.25, -0.2) is 9.67 Å². The molecule has 3 nitrogen and oxygen atoms in total. The maximum absolute atomic E-state index is 5.00. The lowest BCUT2D eigenvalue weighted by Crippen LogP contribution is -2.10. The van der Waals surface area contributed by atoms with Crippen LogP contribution in [0.25, 0.3) is 22.6 Å². The number of para-hydroxylation sites is 1. The molecule has 1 aromatic heterocycles. The molecule has 1 heterocycles. The zero-order valence-corrected chi connectivity index (χ0v) is 17.5. The third kappa shape index (κ3) is 3.84. The number of nitrogens with zero attached hydrogens (tertiary/aromatic N) is 3. The van der Waals surface area contributed by atoms with Crippen LogP contribution in [0.5, 0.6) is 0 Å². The predicted octanol–water partition coefficient (Wildman–Crippen LogP) is 6.64. The van der Waals surface area contributed by atoms with Gasteiger partial charge in [0.15, 0.2) is 11.6 Å². The van der Waals surface area contributed by atoms with Gasteiger partial charge in [0.1, 0.15) is 0 Å². The van der Waals surface area contributed by atoms with Gasteiger partial charge in [-0.1, -0.05) is 75.4 Å². The number of allylic oxidation sites excluding steroid dienone is 4. The molecule has 0 fully saturated rings. The first-order chi connectivity index (χ1) is 13.6. The van der Waals surface area contributed by atoms with Gasteiger partial charge in [-0.3, -0.25) is 0 Å². The van der Waals surface area contributed by atoms with Gasteiger partial charge < -0.3 is 0 Å². The van der Waals surface area contributed by atoms with Crippen LogP contribution in [0.1, 0.15) is 45.5 Å². The lowest BCUT2D eigenvalue weighted by atomic mass is 9.88. The topological polar surface area (TPSA) is 30.7 Å². The molecule has 0 N–H and O–H groups in total. The summed E-state index contributed by atoms with van der Waals surface area (Å²) in [5, 5.41) is 4.90. The minimum absolute atomic E-state index is 0.427. The first kappa shape index (κ1) is 19.8. The monoisotopic (exact) mass is 371 g/mol. The summed E-state index contributed by atoms with van der Waals surface area (Å²) in [5.74, 6) is 2.16. The summed E-state index contributed by atoms with van der Waals surface area (Å²) in [6, 6.07) is 18.6. The maximum atomic E-state index is 5.00. The lowest BCUT2D eigenvalue weighted by Gasteiger charge is -2.20. The van der Waals surface area contributed by atoms with Gasteiger partial charge in [0.2, 0.25) is 0 Å². The van der Waals surface area contributed by atoms with Crippen molar-refractivity contribution in [1.29, 1.82) is 0 Å². The number of hydrogen-bond donors (Lipinski definition) is 0. The molecule has 0 radical (unpaired) electrons. The van der Waals surface area contributed by atoms with Crippen molar-refractivity contribution in [3.63, 3.8) is 0 Å². The van der Waals surface area contributed by atoms with Gasteiger partial charge in [-0.05, 0) is 49.5 Å². The highest BCUT2D eigenvalue weighted by Crippen LogP contribution is 2.34. The molecule has 3 aromatic rings. The lowest BCUT2D eigenvalue weighted by molar-refractivity contribution is 0.730. The van der Waals surface area contributed by atoms with Crippen LogP contribution in [0.4, 0.5) is 0 Å². The molecule has 1 aliphatic rings. The fourth-order valence-electron chi connectivity index (χ4n) is 3.62. The Balaban J connectivity index is 0.00000109. The molecule has 28 heavy (non-hydrogen) atoms. The van der Waals surface area contributed by atoms with Crippen LogP contribution in [0.15, 0.2) is 72.3 Å². The van der Waals surface area contributed by atoms with Crippen molar-refractivity contribution in [2.45, 2.75) is 41.0 Å². The molecular weight excluding hydrogens is 342 g/mol. The smallest absolute Gasteiger partial charge is 0.182 e. The van der Waals surface area contributed by atoms with Gasteiger partial charge >= 0.3 is 0 Å². The van der Waals surface area contributed by atoms with Crippen LogP contribution in [0, 0.1) is 12.8 Å². The van der Waals surface area contributed by atoms with Crippen molar-refractivity contribution >= 4 is 5.57 Å². The van der Waals surface area contributed by atoms with E-state index < -0.39 is 0 Å². The SMILES string of the molecule is CC.CC1=C(c2nc(-c3ccccc3C)nn2-c2ccccc2)C(C)CC=C1. The molecule has 0 saturated carbocycles. The minimum Gasteiger partial charge on any atom is -0.213 e. The highest BCUT2D eigenvalue weighted by atomic mass is 15.4. The van der Waals surface area contributed by atoms with Crippen molar-refractivity contribution in [3.8, 4) is 17.1 Å². The molecule has 1 unspecified atom stereocenters. The van der Waals surface area contributed by atoms with E-state index >= 15 is 0 Å². The number of aromatic nitrogens is 3. The summed E-state index contributed by atoms with van der Waals surface area (Å²) >= 11 is 0. The second-order valence-electron chi connectivity index (χ2n) is 6.96. The summed E-state index contributed by atoms with van der Waals surface area (Å²) in [7, 11) is 0. The van der Waals surface area contributed by atoms with Crippen molar-refractivity contribution in [2.24, 2.45) is 5.92 Å². The van der Waals surface area contributed by atoms with Crippen LogP contribution in [0.3, 0.4) is 0 Å². The van der Waals surface area contributed by atoms with Gasteiger partial charge in [-0.2, -0.15) is 0 Å². The average molecular weight is 372 g/mol. The zero-order valence-electron chi connectivity index (χ0n) is 17.5. The summed E-state index contributed by atoms with van der Waals surface area (Å²) < 4.78 is 2.00. The van der Waals surface area contributed by atoms with Gasteiger partial charge in [0.05, 0.1) is 5.69 Å². The van der Waals surface area contributed by atoms with Crippen molar-refractivity contribution in [2.75, 3.05) is 0 Å². The summed E-state index contributed by atoms with van der Waals surface area (Å²) in [4.78, 5) is 5.00. The minimum atomic E-state index is 0.427. The molecule has 3 heteroatoms. The quantitative estimate of drug-likeness (QED) is 0.517. The molecular formula is C25H29N3. The molecule has 2 aromatic carbocycles. The van der Waals surface area contributed by atoms with Gasteiger partial charge in [-0.15, -0.1) is 5.10 Å².